The van der Waals surface area contributed by atoms with Gasteiger partial charge in [-0.05, 0) is 33.6 Å². The van der Waals surface area contributed by atoms with Gasteiger partial charge in [0.1, 0.15) is 5.78 Å². The zero-order chi connectivity index (χ0) is 12.8. The van der Waals surface area contributed by atoms with Crippen LogP contribution in [0, 0.1) is 11.3 Å². The number of nitrogens with zero attached hydrogens (tertiary/aromatic N) is 1. The fourth-order valence-electron chi connectivity index (χ4n) is 2.91. The zero-order valence-corrected chi connectivity index (χ0v) is 10.9. The molecule has 0 aromatic heterocycles. The molecule has 3 heteroatoms. The Morgan fingerprint density at radius 1 is 1.41 bits per heavy atom. The maximum atomic E-state index is 12.2. The Bertz CT molecular complexity index is 447. The average Bonchev–Trinajstić information content (AvgIpc) is 2.27. The minimum absolute atomic E-state index is 0.0644. The molecule has 2 atom stereocenters. The highest BCUT2D eigenvalue weighted by Gasteiger charge is 2.50. The van der Waals surface area contributed by atoms with E-state index in [1.54, 1.807) is 25.1 Å². The molecule has 0 spiro atoms. The molecule has 0 radical (unpaired) electrons. The standard InChI is InChI=1S/C14H19NO2/c1-9-7-12-13(17)15(4)6-5-14(12,11(3)16)8-10(9)2/h5-6,12H,7-8H2,1-4H3/t12-,14-/m0/s1. The quantitative estimate of drug-likeness (QED) is 0.652. The number of amides is 1. The number of Topliss-reactive ketones (excluding diaryl/α,β-unsaturated/α-hetero) is 1. The summed E-state index contributed by atoms with van der Waals surface area (Å²) in [6, 6.07) is 0. The first-order valence-electron chi connectivity index (χ1n) is 6.01. The lowest BCUT2D eigenvalue weighted by atomic mass is 9.61. The van der Waals surface area contributed by atoms with E-state index in [1.165, 1.54) is 11.1 Å². The van der Waals surface area contributed by atoms with E-state index in [2.05, 4.69) is 13.8 Å². The molecule has 0 saturated carbocycles. The Morgan fingerprint density at radius 3 is 2.65 bits per heavy atom. The molecule has 0 fully saturated rings. The van der Waals surface area contributed by atoms with Gasteiger partial charge in [0, 0.05) is 13.2 Å². The average molecular weight is 233 g/mol. The molecule has 0 saturated heterocycles. The number of ketones is 1. The van der Waals surface area contributed by atoms with Crippen LogP contribution in [0.25, 0.3) is 0 Å². The number of hydrogen-bond donors (Lipinski definition) is 0. The van der Waals surface area contributed by atoms with Crippen LogP contribution in [0.1, 0.15) is 33.6 Å². The van der Waals surface area contributed by atoms with Gasteiger partial charge in [-0.3, -0.25) is 9.59 Å². The van der Waals surface area contributed by atoms with Crippen molar-refractivity contribution in [2.75, 3.05) is 7.05 Å². The van der Waals surface area contributed by atoms with E-state index in [-0.39, 0.29) is 17.6 Å². The highest BCUT2D eigenvalue weighted by Crippen LogP contribution is 2.48. The topological polar surface area (TPSA) is 37.4 Å². The normalized spacial score (nSPS) is 32.8. The monoisotopic (exact) mass is 233 g/mol. The van der Waals surface area contributed by atoms with Crippen molar-refractivity contribution >= 4 is 11.7 Å². The van der Waals surface area contributed by atoms with Crippen molar-refractivity contribution in [1.29, 1.82) is 0 Å². The number of rotatable bonds is 1. The fourth-order valence-corrected chi connectivity index (χ4v) is 2.91. The largest absolute Gasteiger partial charge is 0.322 e. The van der Waals surface area contributed by atoms with Crippen molar-refractivity contribution < 1.29 is 9.59 Å². The van der Waals surface area contributed by atoms with Gasteiger partial charge < -0.3 is 4.90 Å². The van der Waals surface area contributed by atoms with Gasteiger partial charge in [-0.2, -0.15) is 0 Å². The summed E-state index contributed by atoms with van der Waals surface area (Å²) in [5, 5.41) is 0. The lowest BCUT2D eigenvalue weighted by molar-refractivity contribution is -0.143. The highest BCUT2D eigenvalue weighted by atomic mass is 16.2. The van der Waals surface area contributed by atoms with Crippen LogP contribution in [0.3, 0.4) is 0 Å². The SMILES string of the molecule is CC(=O)[C@@]12C=CN(C)C(=O)[C@@H]1CC(C)=C(C)C2. The lowest BCUT2D eigenvalue weighted by Gasteiger charge is -2.44. The van der Waals surface area contributed by atoms with Gasteiger partial charge in [0.2, 0.25) is 5.91 Å². The molecule has 0 aromatic rings. The Hall–Kier alpha value is -1.38. The Labute approximate surface area is 102 Å². The molecule has 2 rings (SSSR count). The first-order chi connectivity index (χ1) is 7.88. The Balaban J connectivity index is 2.54. The van der Waals surface area contributed by atoms with Crippen molar-refractivity contribution in [3.63, 3.8) is 0 Å². The van der Waals surface area contributed by atoms with Crippen LogP contribution in [0.2, 0.25) is 0 Å². The number of carbonyl (C=O) groups is 2. The maximum absolute atomic E-state index is 12.2. The highest BCUT2D eigenvalue weighted by molar-refractivity contribution is 5.94. The van der Waals surface area contributed by atoms with Crippen LogP contribution in [-0.4, -0.2) is 23.6 Å². The summed E-state index contributed by atoms with van der Waals surface area (Å²) in [6.07, 6.45) is 5.07. The molecule has 1 heterocycles. The summed E-state index contributed by atoms with van der Waals surface area (Å²) >= 11 is 0. The molecule has 92 valence electrons. The van der Waals surface area contributed by atoms with Crippen LogP contribution in [-0.2, 0) is 9.59 Å². The summed E-state index contributed by atoms with van der Waals surface area (Å²) in [7, 11) is 1.75. The summed E-state index contributed by atoms with van der Waals surface area (Å²) in [4.78, 5) is 25.8. The van der Waals surface area contributed by atoms with Crippen LogP contribution in [0.4, 0.5) is 0 Å². The number of carbonyl (C=O) groups excluding carboxylic acids is 2. The number of allylic oxidation sites excluding steroid dienone is 3. The third kappa shape index (κ3) is 1.65. The molecular formula is C14H19NO2. The van der Waals surface area contributed by atoms with Gasteiger partial charge in [0.15, 0.2) is 0 Å². The molecule has 1 aliphatic heterocycles. The van der Waals surface area contributed by atoms with Gasteiger partial charge in [0.05, 0.1) is 11.3 Å². The van der Waals surface area contributed by atoms with Crippen LogP contribution in [0.15, 0.2) is 23.4 Å². The minimum Gasteiger partial charge on any atom is -0.322 e. The van der Waals surface area contributed by atoms with E-state index in [4.69, 9.17) is 0 Å². The predicted molar refractivity (Wildman–Crippen MR) is 66.1 cm³/mol. The van der Waals surface area contributed by atoms with Crippen LogP contribution in [0.5, 0.6) is 0 Å². The van der Waals surface area contributed by atoms with E-state index in [0.717, 1.165) is 0 Å². The van der Waals surface area contributed by atoms with Gasteiger partial charge in [-0.1, -0.05) is 17.2 Å². The summed E-state index contributed by atoms with van der Waals surface area (Å²) in [5.74, 6) is -0.0414. The second kappa shape index (κ2) is 3.83. The zero-order valence-electron chi connectivity index (χ0n) is 10.9. The fraction of sp³-hybridized carbons (Fsp3) is 0.571. The molecular weight excluding hydrogens is 214 g/mol. The first kappa shape index (κ1) is 12.1. The van der Waals surface area contributed by atoms with Crippen molar-refractivity contribution in [1.82, 2.24) is 4.90 Å². The van der Waals surface area contributed by atoms with Gasteiger partial charge in [-0.15, -0.1) is 0 Å². The molecule has 0 N–H and O–H groups in total. The van der Waals surface area contributed by atoms with Crippen molar-refractivity contribution in [3.8, 4) is 0 Å². The van der Waals surface area contributed by atoms with Crippen molar-refractivity contribution in [2.24, 2.45) is 11.3 Å². The van der Waals surface area contributed by atoms with E-state index in [0.29, 0.717) is 12.8 Å². The second-order valence-electron chi connectivity index (χ2n) is 5.36. The van der Waals surface area contributed by atoms with E-state index in [1.807, 2.05) is 6.08 Å². The molecule has 0 bridgehead atoms. The summed E-state index contributed by atoms with van der Waals surface area (Å²) in [6.45, 7) is 5.72. The van der Waals surface area contributed by atoms with Crippen molar-refractivity contribution in [2.45, 2.75) is 33.6 Å². The first-order valence-corrected chi connectivity index (χ1v) is 6.01. The number of hydrogen-bond acceptors (Lipinski definition) is 2. The van der Waals surface area contributed by atoms with Crippen LogP contribution >= 0.6 is 0 Å². The summed E-state index contributed by atoms with van der Waals surface area (Å²) in [5.41, 5.74) is 1.91. The lowest BCUT2D eigenvalue weighted by Crippen LogP contribution is -2.49. The van der Waals surface area contributed by atoms with Gasteiger partial charge >= 0.3 is 0 Å². The van der Waals surface area contributed by atoms with E-state index < -0.39 is 5.41 Å². The molecule has 1 amide bonds. The Morgan fingerprint density at radius 2 is 2.06 bits per heavy atom. The van der Waals surface area contributed by atoms with Crippen molar-refractivity contribution in [3.05, 3.63) is 23.4 Å². The number of fused-ring (bicyclic) bond motifs is 1. The third-order valence-corrected chi connectivity index (χ3v) is 4.32. The second-order valence-corrected chi connectivity index (χ2v) is 5.36. The molecule has 17 heavy (non-hydrogen) atoms. The van der Waals surface area contributed by atoms with Crippen LogP contribution < -0.4 is 0 Å². The molecule has 2 aliphatic rings. The third-order valence-electron chi connectivity index (χ3n) is 4.32. The molecule has 0 aromatic carbocycles. The van der Waals surface area contributed by atoms with Gasteiger partial charge in [-0.25, -0.2) is 0 Å². The minimum atomic E-state index is -0.590. The molecule has 0 unspecified atom stereocenters. The predicted octanol–water partition coefficient (Wildman–Crippen LogP) is 2.29. The Kier molecular flexibility index (Phi) is 2.72. The smallest absolute Gasteiger partial charge is 0.231 e. The molecule has 1 aliphatic carbocycles. The van der Waals surface area contributed by atoms with Gasteiger partial charge in [0.25, 0.3) is 0 Å². The van der Waals surface area contributed by atoms with E-state index >= 15 is 0 Å². The maximum Gasteiger partial charge on any atom is 0.231 e. The summed E-state index contributed by atoms with van der Waals surface area (Å²) < 4.78 is 0. The van der Waals surface area contributed by atoms with E-state index in [9.17, 15) is 9.59 Å². The molecule has 3 nitrogen and oxygen atoms in total.